The number of carbonyl (C=O) groups is 1. The summed E-state index contributed by atoms with van der Waals surface area (Å²) in [7, 11) is 0. The minimum Gasteiger partial charge on any atom is -0.480 e. The van der Waals surface area contributed by atoms with E-state index < -0.39 is 12.0 Å². The number of carboxylic acids is 1. The smallest absolute Gasteiger partial charge is 0.326 e. The van der Waals surface area contributed by atoms with Gasteiger partial charge in [0, 0.05) is 6.54 Å². The molecule has 5 nitrogen and oxygen atoms in total. The van der Waals surface area contributed by atoms with Crippen LogP contribution in [0, 0.1) is 0 Å². The number of hydrogen-bond acceptors (Lipinski definition) is 4. The Kier molecular flexibility index (Phi) is 2.59. The fraction of sp³-hybridized carbons (Fsp3) is 0.308. The van der Waals surface area contributed by atoms with Gasteiger partial charge in [-0.25, -0.2) is 9.78 Å². The van der Waals surface area contributed by atoms with Crippen LogP contribution in [0.4, 0.5) is 5.82 Å². The molecular formula is C13H13N3O2. The van der Waals surface area contributed by atoms with Crippen LogP contribution in [0.5, 0.6) is 0 Å². The van der Waals surface area contributed by atoms with Gasteiger partial charge in [0.25, 0.3) is 0 Å². The zero-order valence-corrected chi connectivity index (χ0v) is 9.78. The largest absolute Gasteiger partial charge is 0.480 e. The molecule has 0 spiro atoms. The van der Waals surface area contributed by atoms with Gasteiger partial charge >= 0.3 is 5.97 Å². The summed E-state index contributed by atoms with van der Waals surface area (Å²) >= 11 is 0. The van der Waals surface area contributed by atoms with E-state index in [2.05, 4.69) is 9.97 Å². The number of nitrogens with zero attached hydrogens (tertiary/aromatic N) is 3. The van der Waals surface area contributed by atoms with Crippen LogP contribution in [0.25, 0.3) is 11.0 Å². The first-order valence-corrected chi connectivity index (χ1v) is 5.97. The van der Waals surface area contributed by atoms with Gasteiger partial charge in [-0.15, -0.1) is 0 Å². The Labute approximate surface area is 104 Å². The van der Waals surface area contributed by atoms with Crippen LogP contribution in [0.3, 0.4) is 0 Å². The van der Waals surface area contributed by atoms with Crippen molar-refractivity contribution in [3.05, 3.63) is 30.5 Å². The summed E-state index contributed by atoms with van der Waals surface area (Å²) in [6.45, 7) is 0.726. The third kappa shape index (κ3) is 1.77. The number of hydrogen-bond donors (Lipinski definition) is 1. The molecule has 18 heavy (non-hydrogen) atoms. The molecule has 5 heteroatoms. The molecule has 1 N–H and O–H groups in total. The van der Waals surface area contributed by atoms with Gasteiger partial charge in [0.05, 0.1) is 17.2 Å². The average molecular weight is 243 g/mol. The molecule has 1 aliphatic rings. The van der Waals surface area contributed by atoms with Gasteiger partial charge in [0.2, 0.25) is 0 Å². The molecule has 1 saturated heterocycles. The van der Waals surface area contributed by atoms with Crippen molar-refractivity contribution < 1.29 is 9.90 Å². The van der Waals surface area contributed by atoms with Crippen molar-refractivity contribution in [2.45, 2.75) is 18.9 Å². The van der Waals surface area contributed by atoms with Crippen molar-refractivity contribution in [3.8, 4) is 0 Å². The van der Waals surface area contributed by atoms with Crippen molar-refractivity contribution in [1.29, 1.82) is 0 Å². The second kappa shape index (κ2) is 4.25. The summed E-state index contributed by atoms with van der Waals surface area (Å²) < 4.78 is 0. The normalized spacial score (nSPS) is 19.3. The van der Waals surface area contributed by atoms with E-state index >= 15 is 0 Å². The highest BCUT2D eigenvalue weighted by atomic mass is 16.4. The minimum atomic E-state index is -0.789. The van der Waals surface area contributed by atoms with E-state index in [0.29, 0.717) is 12.2 Å². The van der Waals surface area contributed by atoms with E-state index in [4.69, 9.17) is 5.11 Å². The predicted octanol–water partition coefficient (Wildman–Crippen LogP) is 1.68. The van der Waals surface area contributed by atoms with Gasteiger partial charge in [-0.2, -0.15) is 0 Å². The van der Waals surface area contributed by atoms with Gasteiger partial charge in [-0.3, -0.25) is 4.98 Å². The van der Waals surface area contributed by atoms with Crippen LogP contribution < -0.4 is 4.90 Å². The molecule has 0 radical (unpaired) electrons. The predicted molar refractivity (Wildman–Crippen MR) is 67.5 cm³/mol. The first-order chi connectivity index (χ1) is 8.75. The van der Waals surface area contributed by atoms with E-state index in [1.165, 1.54) is 0 Å². The summed E-state index contributed by atoms with van der Waals surface area (Å²) in [4.78, 5) is 21.8. The van der Waals surface area contributed by atoms with Crippen LogP contribution in [-0.4, -0.2) is 33.6 Å². The van der Waals surface area contributed by atoms with Crippen molar-refractivity contribution in [2.75, 3.05) is 11.4 Å². The molecule has 2 aromatic rings. The zero-order chi connectivity index (χ0) is 12.5. The number of anilines is 1. The molecule has 0 saturated carbocycles. The van der Waals surface area contributed by atoms with E-state index in [-0.39, 0.29) is 0 Å². The molecule has 0 amide bonds. The Bertz CT molecular complexity index is 600. The summed E-state index contributed by atoms with van der Waals surface area (Å²) in [5.41, 5.74) is 1.62. The summed E-state index contributed by atoms with van der Waals surface area (Å²) in [5, 5.41) is 9.17. The van der Waals surface area contributed by atoms with Gasteiger partial charge in [0.15, 0.2) is 0 Å². The van der Waals surface area contributed by atoms with E-state index in [1.807, 2.05) is 29.2 Å². The maximum Gasteiger partial charge on any atom is 0.326 e. The Hall–Kier alpha value is -2.17. The number of aromatic nitrogens is 2. The molecule has 2 heterocycles. The van der Waals surface area contributed by atoms with Crippen LogP contribution in [0.15, 0.2) is 30.5 Å². The molecule has 1 aromatic carbocycles. The lowest BCUT2D eigenvalue weighted by Gasteiger charge is -2.22. The Morgan fingerprint density at radius 1 is 1.33 bits per heavy atom. The van der Waals surface area contributed by atoms with Crippen molar-refractivity contribution in [2.24, 2.45) is 0 Å². The Morgan fingerprint density at radius 2 is 2.11 bits per heavy atom. The molecule has 0 aliphatic carbocycles. The molecule has 0 unspecified atom stereocenters. The lowest BCUT2D eigenvalue weighted by atomic mass is 10.2. The average Bonchev–Trinajstić information content (AvgIpc) is 2.87. The second-order valence-corrected chi connectivity index (χ2v) is 4.41. The molecular weight excluding hydrogens is 230 g/mol. The Balaban J connectivity index is 2.01. The standard InChI is InChI=1S/C13H13N3O2/c17-13(18)11-6-3-7-16(11)12-8-14-9-4-1-2-5-10(9)15-12/h1-2,4-5,8,11H,3,6-7H2,(H,17,18)/t11-/m1/s1. The zero-order valence-electron chi connectivity index (χ0n) is 9.78. The minimum absolute atomic E-state index is 0.472. The highest BCUT2D eigenvalue weighted by Crippen LogP contribution is 2.24. The second-order valence-electron chi connectivity index (χ2n) is 4.41. The number of carboxylic acid groups (broad SMARTS) is 1. The van der Waals surface area contributed by atoms with Gasteiger partial charge in [-0.05, 0) is 25.0 Å². The third-order valence-electron chi connectivity index (χ3n) is 3.27. The van der Waals surface area contributed by atoms with Gasteiger partial charge in [-0.1, -0.05) is 12.1 Å². The molecule has 1 aromatic heterocycles. The number of para-hydroxylation sites is 2. The fourth-order valence-corrected chi connectivity index (χ4v) is 2.38. The molecule has 1 fully saturated rings. The summed E-state index contributed by atoms with van der Waals surface area (Å²) in [6, 6.07) is 7.12. The fourth-order valence-electron chi connectivity index (χ4n) is 2.38. The number of aliphatic carboxylic acids is 1. The highest BCUT2D eigenvalue weighted by molar-refractivity contribution is 5.80. The van der Waals surface area contributed by atoms with Gasteiger partial charge in [0.1, 0.15) is 11.9 Å². The lowest BCUT2D eigenvalue weighted by Crippen LogP contribution is -2.36. The van der Waals surface area contributed by atoms with E-state index in [9.17, 15) is 4.79 Å². The van der Waals surface area contributed by atoms with Gasteiger partial charge < -0.3 is 10.0 Å². The number of rotatable bonds is 2. The topological polar surface area (TPSA) is 66.3 Å². The summed E-state index contributed by atoms with van der Waals surface area (Å²) in [5.74, 6) is -0.138. The molecule has 0 bridgehead atoms. The van der Waals surface area contributed by atoms with Crippen LogP contribution in [0.2, 0.25) is 0 Å². The van der Waals surface area contributed by atoms with E-state index in [1.54, 1.807) is 6.20 Å². The molecule has 1 aliphatic heterocycles. The monoisotopic (exact) mass is 243 g/mol. The lowest BCUT2D eigenvalue weighted by molar-refractivity contribution is -0.138. The van der Waals surface area contributed by atoms with Crippen molar-refractivity contribution >= 4 is 22.8 Å². The third-order valence-corrected chi connectivity index (χ3v) is 3.27. The van der Waals surface area contributed by atoms with Crippen molar-refractivity contribution in [1.82, 2.24) is 9.97 Å². The van der Waals surface area contributed by atoms with Crippen LogP contribution >= 0.6 is 0 Å². The Morgan fingerprint density at radius 3 is 2.89 bits per heavy atom. The maximum absolute atomic E-state index is 11.2. The van der Waals surface area contributed by atoms with Crippen LogP contribution in [0.1, 0.15) is 12.8 Å². The molecule has 1 atom stereocenters. The van der Waals surface area contributed by atoms with E-state index in [0.717, 1.165) is 24.0 Å². The maximum atomic E-state index is 11.2. The molecule has 92 valence electrons. The number of benzene rings is 1. The van der Waals surface area contributed by atoms with Crippen LogP contribution in [-0.2, 0) is 4.79 Å². The molecule has 3 rings (SSSR count). The first-order valence-electron chi connectivity index (χ1n) is 5.97. The quantitative estimate of drug-likeness (QED) is 0.869. The first kappa shape index (κ1) is 11.0. The number of fused-ring (bicyclic) bond motifs is 1. The summed E-state index contributed by atoms with van der Waals surface area (Å²) in [6.07, 6.45) is 3.21. The SMILES string of the molecule is O=C(O)[C@H]1CCCN1c1cnc2ccccc2n1. The van der Waals surface area contributed by atoms with Crippen molar-refractivity contribution in [3.63, 3.8) is 0 Å². The highest BCUT2D eigenvalue weighted by Gasteiger charge is 2.31.